The van der Waals surface area contributed by atoms with E-state index in [1.54, 1.807) is 0 Å². The van der Waals surface area contributed by atoms with Gasteiger partial charge in [0.25, 0.3) is 0 Å². The second kappa shape index (κ2) is 6.74. The van der Waals surface area contributed by atoms with E-state index in [0.717, 1.165) is 12.1 Å². The average Bonchev–Trinajstić information content (AvgIpc) is 2.33. The fourth-order valence-corrected chi connectivity index (χ4v) is 2.59. The normalized spacial score (nSPS) is 16.5. The second-order valence-electron chi connectivity index (χ2n) is 4.76. The van der Waals surface area contributed by atoms with Gasteiger partial charge in [0.1, 0.15) is 10.1 Å². The minimum atomic E-state index is -4.51. The maximum absolute atomic E-state index is 10.5. The van der Waals surface area contributed by atoms with Gasteiger partial charge in [-0.25, -0.2) is 8.42 Å². The van der Waals surface area contributed by atoms with Gasteiger partial charge in [-0.2, -0.15) is 0 Å². The van der Waals surface area contributed by atoms with Crippen LogP contribution in [0.2, 0.25) is 0 Å². The maximum atomic E-state index is 10.5. The third-order valence-corrected chi connectivity index (χ3v) is 3.92. The summed E-state index contributed by atoms with van der Waals surface area (Å²) in [7, 11) is -4.51. The van der Waals surface area contributed by atoms with Gasteiger partial charge in [-0.05, 0) is 43.9 Å². The molecule has 108 valence electrons. The van der Waals surface area contributed by atoms with Gasteiger partial charge in [0, 0.05) is 11.4 Å². The first kappa shape index (κ1) is 15.7. The van der Waals surface area contributed by atoms with Crippen molar-refractivity contribution in [2.45, 2.75) is 43.0 Å². The van der Waals surface area contributed by atoms with E-state index in [1.807, 2.05) is 0 Å². The van der Waals surface area contributed by atoms with Crippen molar-refractivity contribution in [3.05, 3.63) is 18.2 Å². The van der Waals surface area contributed by atoms with Crippen LogP contribution in [0.25, 0.3) is 0 Å². The van der Waals surface area contributed by atoms with E-state index in [9.17, 15) is 13.0 Å². The summed E-state index contributed by atoms with van der Waals surface area (Å²) < 4.78 is 31.5. The van der Waals surface area contributed by atoms with Gasteiger partial charge in [-0.1, -0.05) is 6.42 Å². The monoisotopic (exact) mass is 287 g/mol. The first-order valence-electron chi connectivity index (χ1n) is 6.24. The van der Waals surface area contributed by atoms with Gasteiger partial charge < -0.3 is 21.8 Å². The molecule has 7 N–H and O–H groups in total. The molecular weight excluding hydrogens is 266 g/mol. The first-order valence-corrected chi connectivity index (χ1v) is 7.65. The van der Waals surface area contributed by atoms with E-state index in [2.05, 4.69) is 5.73 Å². The molecule has 0 amide bonds. The van der Waals surface area contributed by atoms with Crippen molar-refractivity contribution in [1.82, 2.24) is 0 Å². The van der Waals surface area contributed by atoms with Crippen LogP contribution in [-0.2, 0) is 10.1 Å². The van der Waals surface area contributed by atoms with E-state index < -0.39 is 15.0 Å². The second-order valence-corrected chi connectivity index (χ2v) is 6.10. The molecule has 1 saturated carbocycles. The molecule has 6 nitrogen and oxygen atoms in total. The molecule has 0 aliphatic heterocycles. The van der Waals surface area contributed by atoms with Crippen LogP contribution in [0.5, 0.6) is 0 Å². The van der Waals surface area contributed by atoms with Gasteiger partial charge >= 0.3 is 0 Å². The van der Waals surface area contributed by atoms with Crippen LogP contribution >= 0.6 is 0 Å². The number of anilines is 2. The van der Waals surface area contributed by atoms with Crippen molar-refractivity contribution in [2.75, 3.05) is 11.5 Å². The summed E-state index contributed by atoms with van der Waals surface area (Å²) in [5.41, 5.74) is 14.6. The van der Waals surface area contributed by atoms with Crippen LogP contribution < -0.4 is 17.2 Å². The number of rotatable bonds is 1. The summed E-state index contributed by atoms with van der Waals surface area (Å²) in [5.74, 6) is 0. The van der Waals surface area contributed by atoms with Crippen LogP contribution in [0.3, 0.4) is 0 Å². The Morgan fingerprint density at radius 2 is 1.74 bits per heavy atom. The van der Waals surface area contributed by atoms with Gasteiger partial charge in [0.2, 0.25) is 0 Å². The molecule has 0 radical (unpaired) electrons. The number of benzene rings is 1. The van der Waals surface area contributed by atoms with Crippen LogP contribution in [0.15, 0.2) is 23.1 Å². The number of nitrogen functional groups attached to an aromatic ring is 2. The minimum Gasteiger partial charge on any atom is -0.744 e. The Labute approximate surface area is 113 Å². The Hall–Kier alpha value is -1.31. The summed E-state index contributed by atoms with van der Waals surface area (Å²) in [5, 5.41) is 0. The molecule has 0 heterocycles. The Morgan fingerprint density at radius 1 is 1.16 bits per heavy atom. The zero-order chi connectivity index (χ0) is 14.5. The Kier molecular flexibility index (Phi) is 5.59. The zero-order valence-electron chi connectivity index (χ0n) is 10.8. The van der Waals surface area contributed by atoms with E-state index in [1.165, 1.54) is 44.2 Å². The maximum Gasteiger partial charge on any atom is 0.126 e. The van der Waals surface area contributed by atoms with E-state index in [4.69, 9.17) is 11.5 Å². The van der Waals surface area contributed by atoms with Crippen molar-refractivity contribution in [3.8, 4) is 0 Å². The minimum absolute atomic E-state index is 0.0841. The highest BCUT2D eigenvalue weighted by atomic mass is 32.2. The molecule has 1 aliphatic rings. The molecule has 0 saturated heterocycles. The summed E-state index contributed by atoms with van der Waals surface area (Å²) in [4.78, 5) is -0.470. The average molecular weight is 287 g/mol. The molecule has 1 aromatic carbocycles. The number of hydrogen-bond acceptors (Lipinski definition) is 5. The third kappa shape index (κ3) is 5.46. The smallest absolute Gasteiger partial charge is 0.126 e. The standard InChI is InChI=1S/C6H8N2O3S.C6H13N/c7-4-1-2-5(8)6(3-4)12(9,10)11;7-6-4-2-1-3-5-6/h1-3H,7-8H2,(H,9,10,11);6H,1-5,7H2. The van der Waals surface area contributed by atoms with E-state index >= 15 is 0 Å². The fourth-order valence-electron chi connectivity index (χ4n) is 1.95. The van der Waals surface area contributed by atoms with E-state index in [0.29, 0.717) is 0 Å². The lowest BCUT2D eigenvalue weighted by Crippen LogP contribution is -2.61. The van der Waals surface area contributed by atoms with Crippen molar-refractivity contribution in [1.29, 1.82) is 0 Å². The molecule has 0 atom stereocenters. The molecule has 1 aliphatic carbocycles. The molecule has 2 rings (SSSR count). The van der Waals surface area contributed by atoms with Gasteiger partial charge in [0.15, 0.2) is 0 Å². The summed E-state index contributed by atoms with van der Waals surface area (Å²) in [6, 6.07) is 4.52. The molecule has 19 heavy (non-hydrogen) atoms. The van der Waals surface area contributed by atoms with Crippen LogP contribution in [0.4, 0.5) is 11.4 Å². The summed E-state index contributed by atoms with van der Waals surface area (Å²) >= 11 is 0. The lowest BCUT2D eigenvalue weighted by molar-refractivity contribution is -0.425. The molecule has 0 aromatic heterocycles. The van der Waals surface area contributed by atoms with E-state index in [-0.39, 0.29) is 11.4 Å². The van der Waals surface area contributed by atoms with Crippen LogP contribution in [0.1, 0.15) is 32.1 Å². The lowest BCUT2D eigenvalue weighted by Gasteiger charge is -2.12. The molecule has 0 unspecified atom stereocenters. The third-order valence-electron chi connectivity index (χ3n) is 3.03. The molecule has 7 heteroatoms. The molecule has 1 aromatic rings. The largest absolute Gasteiger partial charge is 0.744 e. The van der Waals surface area contributed by atoms with Crippen molar-refractivity contribution < 1.29 is 18.7 Å². The predicted octanol–water partition coefficient (Wildman–Crippen LogP) is 0.316. The predicted molar refractivity (Wildman–Crippen MR) is 73.0 cm³/mol. The molecule has 1 fully saturated rings. The van der Waals surface area contributed by atoms with Gasteiger partial charge in [-0.3, -0.25) is 0 Å². The number of quaternary nitrogens is 1. The Bertz CT molecular complexity index is 511. The van der Waals surface area contributed by atoms with Crippen molar-refractivity contribution >= 4 is 21.5 Å². The highest BCUT2D eigenvalue weighted by molar-refractivity contribution is 7.86. The van der Waals surface area contributed by atoms with Crippen LogP contribution in [0, 0.1) is 0 Å². The number of nitrogens with two attached hydrogens (primary N) is 2. The summed E-state index contributed by atoms with van der Waals surface area (Å²) in [6.07, 6.45) is 7.05. The molecule has 0 spiro atoms. The van der Waals surface area contributed by atoms with Crippen molar-refractivity contribution in [3.63, 3.8) is 0 Å². The SMILES string of the molecule is Nc1ccc(N)c(S(=O)(=O)[O-])c1.[NH3+]C1CCCCC1. The Morgan fingerprint density at radius 3 is 2.11 bits per heavy atom. The number of hydrogen-bond donors (Lipinski definition) is 3. The molecule has 0 bridgehead atoms. The summed E-state index contributed by atoms with van der Waals surface area (Å²) in [6.45, 7) is 0. The highest BCUT2D eigenvalue weighted by Gasteiger charge is 2.09. The zero-order valence-corrected chi connectivity index (χ0v) is 11.7. The van der Waals surface area contributed by atoms with Crippen molar-refractivity contribution in [2.24, 2.45) is 0 Å². The molecular formula is C12H21N3O3S. The Balaban J connectivity index is 0.000000218. The van der Waals surface area contributed by atoms with Crippen LogP contribution in [-0.4, -0.2) is 19.0 Å². The quantitative estimate of drug-likeness (QED) is 0.504. The van der Waals surface area contributed by atoms with Gasteiger partial charge in [-0.15, -0.1) is 0 Å². The highest BCUT2D eigenvalue weighted by Crippen LogP contribution is 2.20. The topological polar surface area (TPSA) is 137 Å². The van der Waals surface area contributed by atoms with Gasteiger partial charge in [0.05, 0.1) is 10.9 Å². The lowest BCUT2D eigenvalue weighted by atomic mass is 9.97. The fraction of sp³-hybridized carbons (Fsp3) is 0.500. The first-order chi connectivity index (χ1) is 8.80.